The van der Waals surface area contributed by atoms with E-state index in [1.165, 1.54) is 0 Å². The van der Waals surface area contributed by atoms with Gasteiger partial charge in [0, 0.05) is 12.5 Å². The highest BCUT2D eigenvalue weighted by atomic mass is 16.5. The molecule has 1 saturated heterocycles. The lowest BCUT2D eigenvalue weighted by atomic mass is 9.82. The van der Waals surface area contributed by atoms with E-state index < -0.39 is 11.4 Å². The van der Waals surface area contributed by atoms with Crippen molar-refractivity contribution in [2.24, 2.45) is 5.41 Å². The first-order valence-electron chi connectivity index (χ1n) is 7.69. The van der Waals surface area contributed by atoms with Crippen molar-refractivity contribution in [2.75, 3.05) is 6.61 Å². The summed E-state index contributed by atoms with van der Waals surface area (Å²) in [7, 11) is 0. The third-order valence-corrected chi connectivity index (χ3v) is 4.76. The predicted molar refractivity (Wildman–Crippen MR) is 75.9 cm³/mol. The van der Waals surface area contributed by atoms with Gasteiger partial charge in [-0.3, -0.25) is 4.79 Å². The van der Waals surface area contributed by atoms with Crippen LogP contribution in [0.1, 0.15) is 58.2 Å². The molecule has 21 heavy (non-hydrogen) atoms. The molecule has 1 aromatic heterocycles. The predicted octanol–water partition coefficient (Wildman–Crippen LogP) is 1.85. The van der Waals surface area contributed by atoms with Crippen LogP contribution >= 0.6 is 0 Å². The zero-order valence-corrected chi connectivity index (χ0v) is 12.9. The molecule has 2 rings (SSSR count). The second-order valence-electron chi connectivity index (χ2n) is 5.70. The van der Waals surface area contributed by atoms with Crippen LogP contribution in [0.2, 0.25) is 0 Å². The summed E-state index contributed by atoms with van der Waals surface area (Å²) in [6, 6.07) is 0. The molecule has 7 nitrogen and oxygen atoms in total. The first kappa shape index (κ1) is 15.9. The van der Waals surface area contributed by atoms with Crippen molar-refractivity contribution >= 4 is 5.97 Å². The number of ether oxygens (including phenoxy) is 1. The quantitative estimate of drug-likeness (QED) is 0.825. The van der Waals surface area contributed by atoms with Crippen molar-refractivity contribution in [1.82, 2.24) is 20.2 Å². The lowest BCUT2D eigenvalue weighted by Crippen LogP contribution is -2.36. The highest BCUT2D eigenvalue weighted by Gasteiger charge is 2.39. The molecule has 2 heterocycles. The summed E-state index contributed by atoms with van der Waals surface area (Å²) in [5.74, 6) is 0.126. The maximum absolute atomic E-state index is 11.7. The Labute approximate surface area is 124 Å². The van der Waals surface area contributed by atoms with Gasteiger partial charge in [0.05, 0.1) is 18.1 Å². The molecule has 1 aromatic rings. The molecule has 0 amide bonds. The fraction of sp³-hybridized carbons (Fsp3) is 0.857. The van der Waals surface area contributed by atoms with Crippen LogP contribution in [0.15, 0.2) is 0 Å². The fourth-order valence-corrected chi connectivity index (χ4v) is 3.07. The van der Waals surface area contributed by atoms with Crippen LogP contribution in [-0.2, 0) is 16.1 Å². The molecule has 0 radical (unpaired) electrons. The molecule has 7 heteroatoms. The van der Waals surface area contributed by atoms with Gasteiger partial charge in [-0.1, -0.05) is 20.8 Å². The summed E-state index contributed by atoms with van der Waals surface area (Å²) >= 11 is 0. The van der Waals surface area contributed by atoms with Crippen molar-refractivity contribution in [3.63, 3.8) is 0 Å². The van der Waals surface area contributed by atoms with E-state index in [0.29, 0.717) is 26.0 Å². The van der Waals surface area contributed by atoms with Crippen LogP contribution < -0.4 is 0 Å². The highest BCUT2D eigenvalue weighted by Crippen LogP contribution is 2.34. The van der Waals surface area contributed by atoms with Gasteiger partial charge < -0.3 is 9.84 Å². The maximum atomic E-state index is 11.7. The van der Waals surface area contributed by atoms with E-state index >= 15 is 0 Å². The van der Waals surface area contributed by atoms with E-state index in [9.17, 15) is 9.90 Å². The fourth-order valence-electron chi connectivity index (χ4n) is 3.07. The van der Waals surface area contributed by atoms with E-state index in [1.807, 2.05) is 13.8 Å². The molecular formula is C14H24N4O3. The van der Waals surface area contributed by atoms with E-state index in [4.69, 9.17) is 4.74 Å². The van der Waals surface area contributed by atoms with E-state index in [0.717, 1.165) is 18.7 Å². The monoisotopic (exact) mass is 296 g/mol. The average molecular weight is 296 g/mol. The van der Waals surface area contributed by atoms with Crippen LogP contribution in [0.4, 0.5) is 0 Å². The van der Waals surface area contributed by atoms with Gasteiger partial charge >= 0.3 is 5.97 Å². The largest absolute Gasteiger partial charge is 0.481 e. The molecule has 118 valence electrons. The summed E-state index contributed by atoms with van der Waals surface area (Å²) in [5.41, 5.74) is -0.814. The summed E-state index contributed by atoms with van der Waals surface area (Å²) in [6.07, 6.45) is 3.02. The molecule has 1 aliphatic rings. The Kier molecular flexibility index (Phi) is 4.92. The number of carboxylic acids is 1. The minimum atomic E-state index is -0.814. The van der Waals surface area contributed by atoms with Gasteiger partial charge in [-0.15, -0.1) is 5.10 Å². The summed E-state index contributed by atoms with van der Waals surface area (Å²) in [5, 5.41) is 21.5. The van der Waals surface area contributed by atoms with Crippen molar-refractivity contribution in [1.29, 1.82) is 0 Å². The lowest BCUT2D eigenvalue weighted by Gasteiger charge is -2.27. The number of carbonyl (C=O) groups is 1. The molecule has 2 atom stereocenters. The van der Waals surface area contributed by atoms with Crippen LogP contribution in [0.3, 0.4) is 0 Å². The van der Waals surface area contributed by atoms with E-state index in [2.05, 4.69) is 22.4 Å². The van der Waals surface area contributed by atoms with Gasteiger partial charge in [0.15, 0.2) is 5.82 Å². The second kappa shape index (κ2) is 6.51. The Morgan fingerprint density at radius 3 is 2.71 bits per heavy atom. The van der Waals surface area contributed by atoms with Crippen LogP contribution in [0.25, 0.3) is 0 Å². The van der Waals surface area contributed by atoms with E-state index in [1.54, 1.807) is 4.68 Å². The first-order valence-corrected chi connectivity index (χ1v) is 7.69. The van der Waals surface area contributed by atoms with E-state index in [-0.39, 0.29) is 12.0 Å². The van der Waals surface area contributed by atoms with Crippen molar-refractivity contribution in [2.45, 2.75) is 65.0 Å². The summed E-state index contributed by atoms with van der Waals surface area (Å²) in [6.45, 7) is 6.90. The van der Waals surface area contributed by atoms with Crippen molar-refractivity contribution < 1.29 is 14.6 Å². The molecule has 0 aliphatic carbocycles. The number of aromatic nitrogens is 4. The Morgan fingerprint density at radius 2 is 2.14 bits per heavy atom. The third-order valence-electron chi connectivity index (χ3n) is 4.76. The summed E-state index contributed by atoms with van der Waals surface area (Å²) in [4.78, 5) is 11.7. The number of aliphatic carboxylic acids is 1. The molecule has 1 aliphatic heterocycles. The third kappa shape index (κ3) is 2.92. The van der Waals surface area contributed by atoms with Gasteiger partial charge in [-0.2, -0.15) is 0 Å². The highest BCUT2D eigenvalue weighted by molar-refractivity contribution is 5.74. The minimum Gasteiger partial charge on any atom is -0.481 e. The molecule has 1 N–H and O–H groups in total. The van der Waals surface area contributed by atoms with Gasteiger partial charge in [0.1, 0.15) is 0 Å². The molecule has 0 aromatic carbocycles. The molecule has 0 bridgehead atoms. The van der Waals surface area contributed by atoms with Crippen LogP contribution in [0, 0.1) is 5.41 Å². The normalized spacial score (nSPS) is 22.6. The Morgan fingerprint density at radius 1 is 1.43 bits per heavy atom. The zero-order chi connectivity index (χ0) is 15.5. The smallest absolute Gasteiger partial charge is 0.311 e. The number of hydrogen-bond donors (Lipinski definition) is 1. The van der Waals surface area contributed by atoms with Gasteiger partial charge in [-0.25, -0.2) is 4.68 Å². The Hall–Kier alpha value is -1.50. The lowest BCUT2D eigenvalue weighted by molar-refractivity contribution is -0.150. The minimum absolute atomic E-state index is 0.122. The number of hydrogen-bond acceptors (Lipinski definition) is 5. The summed E-state index contributed by atoms with van der Waals surface area (Å²) < 4.78 is 7.37. The molecule has 0 spiro atoms. The van der Waals surface area contributed by atoms with Crippen LogP contribution in [0.5, 0.6) is 0 Å². The van der Waals surface area contributed by atoms with Gasteiger partial charge in [0.25, 0.3) is 0 Å². The molecular weight excluding hydrogens is 272 g/mol. The Bertz CT molecular complexity index is 484. The van der Waals surface area contributed by atoms with Gasteiger partial charge in [-0.05, 0) is 36.1 Å². The molecule has 1 fully saturated rings. The van der Waals surface area contributed by atoms with Crippen molar-refractivity contribution in [3.8, 4) is 0 Å². The topological polar surface area (TPSA) is 90.1 Å². The number of rotatable bonds is 7. The second-order valence-corrected chi connectivity index (χ2v) is 5.70. The first-order chi connectivity index (χ1) is 10.1. The molecule has 2 unspecified atom stereocenters. The number of nitrogens with zero attached hydrogens (tertiary/aromatic N) is 4. The van der Waals surface area contributed by atoms with Crippen molar-refractivity contribution in [3.05, 3.63) is 5.82 Å². The number of carboxylic acid groups (broad SMARTS) is 1. The average Bonchev–Trinajstić information content (AvgIpc) is 3.12. The Balaban J connectivity index is 2.26. The SMILES string of the molecule is CCC1OCCC1c1nnnn1CC(CC)(CC)C(=O)O. The maximum Gasteiger partial charge on any atom is 0.311 e. The standard InChI is InChI=1S/C14H24N4O3/c1-4-11-10(7-8-21-11)12-15-16-17-18(12)9-14(5-2,6-3)13(19)20/h10-11H,4-9H2,1-3H3,(H,19,20). The zero-order valence-electron chi connectivity index (χ0n) is 12.9. The van der Waals surface area contributed by atoms with Crippen LogP contribution in [-0.4, -0.2) is 44.0 Å². The number of tetrazole rings is 1. The molecule has 0 saturated carbocycles. The van der Waals surface area contributed by atoms with Gasteiger partial charge in [0.2, 0.25) is 0 Å².